The Morgan fingerprint density at radius 1 is 1.35 bits per heavy atom. The molecule has 1 aliphatic rings. The second-order valence-electron chi connectivity index (χ2n) is 5.74. The summed E-state index contributed by atoms with van der Waals surface area (Å²) < 4.78 is 38.1. The van der Waals surface area contributed by atoms with E-state index in [4.69, 9.17) is 0 Å². The molecule has 1 aromatic rings. The van der Waals surface area contributed by atoms with Crippen LogP contribution in [0, 0.1) is 5.92 Å². The molecule has 20 heavy (non-hydrogen) atoms. The van der Waals surface area contributed by atoms with Crippen molar-refractivity contribution in [1.82, 2.24) is 10.2 Å². The Labute approximate surface area is 118 Å². The van der Waals surface area contributed by atoms with Crippen molar-refractivity contribution in [2.75, 3.05) is 19.6 Å². The van der Waals surface area contributed by atoms with Gasteiger partial charge in [0.15, 0.2) is 0 Å². The van der Waals surface area contributed by atoms with Gasteiger partial charge in [0.25, 0.3) is 0 Å². The topological polar surface area (TPSA) is 15.3 Å². The van der Waals surface area contributed by atoms with Crippen molar-refractivity contribution in [1.29, 1.82) is 0 Å². The van der Waals surface area contributed by atoms with E-state index < -0.39 is 11.7 Å². The van der Waals surface area contributed by atoms with Gasteiger partial charge in [-0.1, -0.05) is 32.0 Å². The molecule has 0 bridgehead atoms. The summed E-state index contributed by atoms with van der Waals surface area (Å²) in [4.78, 5) is 2.22. The van der Waals surface area contributed by atoms with E-state index in [9.17, 15) is 13.2 Å². The van der Waals surface area contributed by atoms with E-state index >= 15 is 0 Å². The first-order valence-electron chi connectivity index (χ1n) is 6.98. The quantitative estimate of drug-likeness (QED) is 0.918. The van der Waals surface area contributed by atoms with E-state index in [1.54, 1.807) is 6.07 Å². The Bertz CT molecular complexity index is 443. The Kier molecular flexibility index (Phi) is 4.70. The molecule has 0 amide bonds. The van der Waals surface area contributed by atoms with Crippen molar-refractivity contribution >= 4 is 0 Å². The summed E-state index contributed by atoms with van der Waals surface area (Å²) in [5, 5.41) is 3.45. The Hall–Kier alpha value is -1.07. The average Bonchev–Trinajstić information content (AvgIpc) is 2.38. The summed E-state index contributed by atoms with van der Waals surface area (Å²) in [6, 6.07) is 6.04. The maximum absolute atomic E-state index is 12.7. The minimum Gasteiger partial charge on any atom is -0.311 e. The predicted molar refractivity (Wildman–Crippen MR) is 73.3 cm³/mol. The van der Waals surface area contributed by atoms with Crippen LogP contribution in [0.3, 0.4) is 0 Å². The van der Waals surface area contributed by atoms with Gasteiger partial charge in [0.05, 0.1) is 5.56 Å². The third-order valence-electron chi connectivity index (χ3n) is 3.75. The molecule has 0 saturated carbocycles. The molecular formula is C15H21F3N2. The molecular weight excluding hydrogens is 265 g/mol. The zero-order valence-electron chi connectivity index (χ0n) is 11.9. The zero-order valence-corrected chi connectivity index (χ0v) is 11.9. The molecule has 0 radical (unpaired) electrons. The summed E-state index contributed by atoms with van der Waals surface area (Å²) in [6.07, 6.45) is -4.26. The fraction of sp³-hybridized carbons (Fsp3) is 0.600. The van der Waals surface area contributed by atoms with Gasteiger partial charge in [-0.3, -0.25) is 4.90 Å². The van der Waals surface area contributed by atoms with Gasteiger partial charge in [-0.15, -0.1) is 0 Å². The van der Waals surface area contributed by atoms with E-state index in [1.807, 2.05) is 0 Å². The number of hydrogen-bond acceptors (Lipinski definition) is 2. The normalized spacial score (nSPS) is 21.4. The van der Waals surface area contributed by atoms with Crippen LogP contribution >= 0.6 is 0 Å². The summed E-state index contributed by atoms with van der Waals surface area (Å²) in [7, 11) is 0. The van der Waals surface area contributed by atoms with E-state index in [0.29, 0.717) is 18.5 Å². The van der Waals surface area contributed by atoms with Crippen molar-refractivity contribution in [3.8, 4) is 0 Å². The SMILES string of the molecule is CC(C)C1CN(Cc2cccc(C(F)(F)F)c2)CCN1. The molecule has 1 aliphatic heterocycles. The minimum absolute atomic E-state index is 0.412. The van der Waals surface area contributed by atoms with Crippen LogP contribution in [-0.2, 0) is 12.7 Å². The molecule has 1 N–H and O–H groups in total. The van der Waals surface area contributed by atoms with Crippen LogP contribution in [-0.4, -0.2) is 30.6 Å². The van der Waals surface area contributed by atoms with Gasteiger partial charge in [-0.2, -0.15) is 13.2 Å². The van der Waals surface area contributed by atoms with Gasteiger partial charge in [0, 0.05) is 32.2 Å². The highest BCUT2D eigenvalue weighted by molar-refractivity contribution is 5.25. The maximum Gasteiger partial charge on any atom is 0.416 e. The average molecular weight is 286 g/mol. The molecule has 1 aromatic carbocycles. The number of nitrogens with one attached hydrogen (secondary N) is 1. The Morgan fingerprint density at radius 2 is 2.10 bits per heavy atom. The molecule has 1 saturated heterocycles. The van der Waals surface area contributed by atoms with Crippen LogP contribution in [0.15, 0.2) is 24.3 Å². The van der Waals surface area contributed by atoms with Gasteiger partial charge in [0.2, 0.25) is 0 Å². The number of piperazine rings is 1. The summed E-state index contributed by atoms with van der Waals surface area (Å²) >= 11 is 0. The lowest BCUT2D eigenvalue weighted by Crippen LogP contribution is -2.52. The summed E-state index contributed by atoms with van der Waals surface area (Å²) in [5.74, 6) is 0.527. The van der Waals surface area contributed by atoms with Crippen molar-refractivity contribution in [2.24, 2.45) is 5.92 Å². The Morgan fingerprint density at radius 3 is 2.75 bits per heavy atom. The highest BCUT2D eigenvalue weighted by Crippen LogP contribution is 2.29. The van der Waals surface area contributed by atoms with Crippen molar-refractivity contribution in [3.05, 3.63) is 35.4 Å². The van der Waals surface area contributed by atoms with Crippen molar-refractivity contribution < 1.29 is 13.2 Å². The summed E-state index contributed by atoms with van der Waals surface area (Å²) in [5.41, 5.74) is 0.162. The number of benzene rings is 1. The van der Waals surface area contributed by atoms with Crippen LogP contribution in [0.1, 0.15) is 25.0 Å². The standard InChI is InChI=1S/C15H21F3N2/c1-11(2)14-10-20(7-6-19-14)9-12-4-3-5-13(8-12)15(16,17)18/h3-5,8,11,14,19H,6-7,9-10H2,1-2H3. The molecule has 0 aliphatic carbocycles. The largest absolute Gasteiger partial charge is 0.416 e. The molecule has 2 rings (SSSR count). The molecule has 1 atom stereocenters. The molecule has 2 nitrogen and oxygen atoms in total. The first-order valence-corrected chi connectivity index (χ1v) is 6.98. The predicted octanol–water partition coefficient (Wildman–Crippen LogP) is 3.14. The zero-order chi connectivity index (χ0) is 14.8. The minimum atomic E-state index is -4.26. The molecule has 112 valence electrons. The number of rotatable bonds is 3. The molecule has 1 fully saturated rings. The number of alkyl halides is 3. The van der Waals surface area contributed by atoms with Crippen LogP contribution in [0.5, 0.6) is 0 Å². The molecule has 0 aromatic heterocycles. The third kappa shape index (κ3) is 3.96. The monoisotopic (exact) mass is 286 g/mol. The fourth-order valence-corrected chi connectivity index (χ4v) is 2.54. The van der Waals surface area contributed by atoms with Crippen LogP contribution in [0.2, 0.25) is 0 Å². The second kappa shape index (κ2) is 6.14. The molecule has 5 heteroatoms. The van der Waals surface area contributed by atoms with Gasteiger partial charge in [-0.25, -0.2) is 0 Å². The van der Waals surface area contributed by atoms with Crippen molar-refractivity contribution in [2.45, 2.75) is 32.6 Å². The second-order valence-corrected chi connectivity index (χ2v) is 5.74. The van der Waals surface area contributed by atoms with Crippen LogP contribution < -0.4 is 5.32 Å². The third-order valence-corrected chi connectivity index (χ3v) is 3.75. The maximum atomic E-state index is 12.7. The van der Waals surface area contributed by atoms with Crippen LogP contribution in [0.4, 0.5) is 13.2 Å². The number of halogens is 3. The van der Waals surface area contributed by atoms with Crippen LogP contribution in [0.25, 0.3) is 0 Å². The highest BCUT2D eigenvalue weighted by Gasteiger charge is 2.30. The van der Waals surface area contributed by atoms with E-state index in [0.717, 1.165) is 31.3 Å². The molecule has 1 unspecified atom stereocenters. The first-order chi connectivity index (χ1) is 9.36. The van der Waals surface area contributed by atoms with E-state index in [-0.39, 0.29) is 0 Å². The lowest BCUT2D eigenvalue weighted by molar-refractivity contribution is -0.137. The van der Waals surface area contributed by atoms with Crippen molar-refractivity contribution in [3.63, 3.8) is 0 Å². The first kappa shape index (κ1) is 15.3. The lowest BCUT2D eigenvalue weighted by atomic mass is 10.0. The van der Waals surface area contributed by atoms with Gasteiger partial charge >= 0.3 is 6.18 Å². The Balaban J connectivity index is 2.03. The van der Waals surface area contributed by atoms with E-state index in [2.05, 4.69) is 24.1 Å². The fourth-order valence-electron chi connectivity index (χ4n) is 2.54. The summed E-state index contributed by atoms with van der Waals surface area (Å²) in [6.45, 7) is 7.54. The number of hydrogen-bond donors (Lipinski definition) is 1. The molecule has 1 heterocycles. The lowest BCUT2D eigenvalue weighted by Gasteiger charge is -2.35. The highest BCUT2D eigenvalue weighted by atomic mass is 19.4. The van der Waals surface area contributed by atoms with E-state index in [1.165, 1.54) is 12.1 Å². The number of nitrogens with zero attached hydrogens (tertiary/aromatic N) is 1. The molecule has 0 spiro atoms. The smallest absolute Gasteiger partial charge is 0.311 e. The van der Waals surface area contributed by atoms with Gasteiger partial charge in [0.1, 0.15) is 0 Å². The van der Waals surface area contributed by atoms with Gasteiger partial charge in [-0.05, 0) is 17.5 Å². The van der Waals surface area contributed by atoms with Gasteiger partial charge < -0.3 is 5.32 Å².